The first-order valence-corrected chi connectivity index (χ1v) is 6.40. The molecule has 20 heavy (non-hydrogen) atoms. The number of alkyl halides is 3. The van der Waals surface area contributed by atoms with Crippen LogP contribution in [0.15, 0.2) is 36.4 Å². The third-order valence-electron chi connectivity index (χ3n) is 2.35. The molecule has 2 rings (SSSR count). The minimum absolute atomic E-state index is 0.102. The van der Waals surface area contributed by atoms with Crippen molar-refractivity contribution in [2.24, 2.45) is 0 Å². The molecule has 0 atom stereocenters. The summed E-state index contributed by atoms with van der Waals surface area (Å²) in [5.41, 5.74) is 1.11. The molecular weight excluding hydrogens is 335 g/mol. The molecular formula is C13H6Cl3F3O. The van der Waals surface area contributed by atoms with E-state index in [1.54, 1.807) is 18.2 Å². The van der Waals surface area contributed by atoms with Crippen LogP contribution in [0.4, 0.5) is 13.2 Å². The number of ether oxygens (including phenoxy) is 1. The molecule has 0 aliphatic heterocycles. The van der Waals surface area contributed by atoms with Gasteiger partial charge in [-0.25, -0.2) is 0 Å². The van der Waals surface area contributed by atoms with Gasteiger partial charge in [-0.1, -0.05) is 34.8 Å². The number of hydrogen-bond acceptors (Lipinski definition) is 1. The van der Waals surface area contributed by atoms with Crippen molar-refractivity contribution in [1.82, 2.24) is 0 Å². The molecule has 2 aromatic carbocycles. The van der Waals surface area contributed by atoms with Gasteiger partial charge in [0, 0.05) is 15.6 Å². The Balaban J connectivity index is 2.39. The van der Waals surface area contributed by atoms with Gasteiger partial charge in [-0.3, -0.25) is 0 Å². The van der Waals surface area contributed by atoms with E-state index >= 15 is 0 Å². The van der Waals surface area contributed by atoms with Crippen molar-refractivity contribution < 1.29 is 17.9 Å². The van der Waals surface area contributed by atoms with E-state index in [9.17, 15) is 13.2 Å². The molecule has 7 heteroatoms. The molecule has 0 N–H and O–H groups in total. The van der Waals surface area contributed by atoms with E-state index in [-0.39, 0.29) is 10.8 Å². The zero-order valence-corrected chi connectivity index (χ0v) is 11.9. The number of halogens is 6. The largest absolute Gasteiger partial charge is 0.573 e. The molecule has 0 aliphatic rings. The summed E-state index contributed by atoms with van der Waals surface area (Å²) in [4.78, 5) is 0. The van der Waals surface area contributed by atoms with Gasteiger partial charge >= 0.3 is 6.36 Å². The first kappa shape index (κ1) is 15.3. The van der Waals surface area contributed by atoms with Crippen molar-refractivity contribution in [3.8, 4) is 16.9 Å². The predicted molar refractivity (Wildman–Crippen MR) is 73.6 cm³/mol. The smallest absolute Gasteiger partial charge is 0.406 e. The van der Waals surface area contributed by atoms with Crippen LogP contribution in [0.1, 0.15) is 0 Å². The van der Waals surface area contributed by atoms with E-state index in [4.69, 9.17) is 34.8 Å². The van der Waals surface area contributed by atoms with Crippen LogP contribution in [0.25, 0.3) is 11.1 Å². The van der Waals surface area contributed by atoms with Gasteiger partial charge in [-0.15, -0.1) is 13.2 Å². The second kappa shape index (κ2) is 5.72. The molecule has 0 aliphatic carbocycles. The fourth-order valence-corrected chi connectivity index (χ4v) is 2.44. The zero-order valence-electron chi connectivity index (χ0n) is 9.64. The first-order chi connectivity index (χ1) is 9.24. The summed E-state index contributed by atoms with van der Waals surface area (Å²) in [5, 5.41) is 0.906. The molecule has 0 saturated carbocycles. The van der Waals surface area contributed by atoms with Gasteiger partial charge in [-0.05, 0) is 42.0 Å². The molecule has 0 spiro atoms. The average molecular weight is 342 g/mol. The van der Waals surface area contributed by atoms with Crippen LogP contribution in [0, 0.1) is 0 Å². The summed E-state index contributed by atoms with van der Waals surface area (Å²) in [7, 11) is 0. The predicted octanol–water partition coefficient (Wildman–Crippen LogP) is 6.21. The molecule has 0 fully saturated rings. The summed E-state index contributed by atoms with van der Waals surface area (Å²) in [6.07, 6.45) is -4.76. The van der Waals surface area contributed by atoms with E-state index in [0.29, 0.717) is 21.2 Å². The van der Waals surface area contributed by atoms with Crippen LogP contribution in [0.5, 0.6) is 5.75 Å². The second-order valence-electron chi connectivity index (χ2n) is 3.85. The molecule has 1 nitrogen and oxygen atoms in total. The van der Waals surface area contributed by atoms with E-state index in [1.165, 1.54) is 12.1 Å². The number of benzene rings is 2. The fourth-order valence-electron chi connectivity index (χ4n) is 1.64. The summed E-state index contributed by atoms with van der Waals surface area (Å²) in [6, 6.07) is 8.42. The molecule has 0 heterocycles. The summed E-state index contributed by atoms with van der Waals surface area (Å²) >= 11 is 17.7. The normalized spacial score (nSPS) is 11.5. The van der Waals surface area contributed by atoms with Crippen molar-refractivity contribution in [2.45, 2.75) is 6.36 Å². The molecule has 106 valence electrons. The molecule has 0 saturated heterocycles. The van der Waals surface area contributed by atoms with Crippen LogP contribution < -0.4 is 4.74 Å². The minimum Gasteiger partial charge on any atom is -0.406 e. The van der Waals surface area contributed by atoms with Gasteiger partial charge in [0.1, 0.15) is 5.75 Å². The fraction of sp³-hybridized carbons (Fsp3) is 0.0769. The summed E-state index contributed by atoms with van der Waals surface area (Å²) in [5.74, 6) is -0.389. The summed E-state index contributed by atoms with van der Waals surface area (Å²) < 4.78 is 40.1. The van der Waals surface area contributed by atoms with Crippen molar-refractivity contribution >= 4 is 34.8 Å². The van der Waals surface area contributed by atoms with Gasteiger partial charge in [0.05, 0.1) is 5.02 Å². The quantitative estimate of drug-likeness (QED) is 0.631. The Labute approximate surface area is 127 Å². The Hall–Kier alpha value is -1.10. The van der Waals surface area contributed by atoms with Crippen molar-refractivity contribution in [3.05, 3.63) is 51.5 Å². The highest BCUT2D eigenvalue weighted by Gasteiger charge is 2.31. The van der Waals surface area contributed by atoms with Crippen LogP contribution in [0.2, 0.25) is 15.1 Å². The molecule has 0 amide bonds. The summed E-state index contributed by atoms with van der Waals surface area (Å²) in [6.45, 7) is 0. The zero-order chi connectivity index (χ0) is 14.9. The minimum atomic E-state index is -4.76. The van der Waals surface area contributed by atoms with E-state index < -0.39 is 6.36 Å². The Morgan fingerprint density at radius 2 is 1.45 bits per heavy atom. The van der Waals surface area contributed by atoms with Crippen molar-refractivity contribution in [2.75, 3.05) is 0 Å². The maximum atomic E-state index is 12.1. The lowest BCUT2D eigenvalue weighted by molar-refractivity contribution is -0.274. The van der Waals surface area contributed by atoms with Crippen LogP contribution in [-0.2, 0) is 0 Å². The lowest BCUT2D eigenvalue weighted by atomic mass is 10.1. The molecule has 0 unspecified atom stereocenters. The SMILES string of the molecule is FC(F)(F)Oc1ccc(-c2cc(Cl)cc(Cl)c2)c(Cl)c1. The Kier molecular flexibility index (Phi) is 4.37. The monoisotopic (exact) mass is 340 g/mol. The average Bonchev–Trinajstić information content (AvgIpc) is 2.25. The first-order valence-electron chi connectivity index (χ1n) is 5.26. The number of rotatable bonds is 2. The Bertz CT molecular complexity index is 621. The highest BCUT2D eigenvalue weighted by molar-refractivity contribution is 6.36. The van der Waals surface area contributed by atoms with Gasteiger partial charge in [0.15, 0.2) is 0 Å². The van der Waals surface area contributed by atoms with E-state index in [2.05, 4.69) is 4.74 Å². The lowest BCUT2D eigenvalue weighted by Gasteiger charge is -2.11. The van der Waals surface area contributed by atoms with Gasteiger partial charge in [0.2, 0.25) is 0 Å². The van der Waals surface area contributed by atoms with Gasteiger partial charge < -0.3 is 4.74 Å². The third kappa shape index (κ3) is 3.95. The van der Waals surface area contributed by atoms with Crippen molar-refractivity contribution in [1.29, 1.82) is 0 Å². The lowest BCUT2D eigenvalue weighted by Crippen LogP contribution is -2.17. The van der Waals surface area contributed by atoms with Crippen LogP contribution in [-0.4, -0.2) is 6.36 Å². The van der Waals surface area contributed by atoms with Crippen LogP contribution in [0.3, 0.4) is 0 Å². The maximum Gasteiger partial charge on any atom is 0.573 e. The van der Waals surface area contributed by atoms with Crippen molar-refractivity contribution in [3.63, 3.8) is 0 Å². The highest BCUT2D eigenvalue weighted by atomic mass is 35.5. The molecule has 0 bridgehead atoms. The van der Waals surface area contributed by atoms with Gasteiger partial charge in [0.25, 0.3) is 0 Å². The maximum absolute atomic E-state index is 12.1. The molecule has 0 radical (unpaired) electrons. The Morgan fingerprint density at radius 1 is 0.850 bits per heavy atom. The molecule has 2 aromatic rings. The Morgan fingerprint density at radius 3 is 1.95 bits per heavy atom. The topological polar surface area (TPSA) is 9.23 Å². The highest BCUT2D eigenvalue weighted by Crippen LogP contribution is 2.35. The molecule has 0 aromatic heterocycles. The van der Waals surface area contributed by atoms with E-state index in [0.717, 1.165) is 6.07 Å². The van der Waals surface area contributed by atoms with Crippen LogP contribution >= 0.6 is 34.8 Å². The van der Waals surface area contributed by atoms with E-state index in [1.807, 2.05) is 0 Å². The number of hydrogen-bond donors (Lipinski definition) is 0. The second-order valence-corrected chi connectivity index (χ2v) is 5.13. The van der Waals surface area contributed by atoms with Gasteiger partial charge in [-0.2, -0.15) is 0 Å². The standard InChI is InChI=1S/C13H6Cl3F3O/c14-8-3-7(4-9(15)5-8)11-2-1-10(6-12(11)16)20-13(17,18)19/h1-6H. The third-order valence-corrected chi connectivity index (χ3v) is 3.10.